The van der Waals surface area contributed by atoms with Crippen molar-refractivity contribution in [3.8, 4) is 0 Å². The zero-order chi connectivity index (χ0) is 9.26. The number of fused-ring (bicyclic) bond motifs is 1. The van der Waals surface area contributed by atoms with Crippen LogP contribution in [-0.4, -0.2) is 9.97 Å². The first kappa shape index (κ1) is 9.09. The Morgan fingerprint density at radius 2 is 2.00 bits per heavy atom. The molecule has 0 aromatic carbocycles. The smallest absolute Gasteiger partial charge is 0.0998 e. The molecule has 68 valence electrons. The highest BCUT2D eigenvalue weighted by Crippen LogP contribution is 2.36. The Balaban J connectivity index is 2.76. The van der Waals surface area contributed by atoms with Gasteiger partial charge in [0, 0.05) is 22.7 Å². The molecule has 2 rings (SSSR count). The van der Waals surface area contributed by atoms with Gasteiger partial charge in [-0.2, -0.15) is 0 Å². The van der Waals surface area contributed by atoms with E-state index in [4.69, 9.17) is 0 Å². The van der Waals surface area contributed by atoms with Gasteiger partial charge >= 0.3 is 0 Å². The largest absolute Gasteiger partial charge is 0.252 e. The minimum absolute atomic E-state index is 0.529. The summed E-state index contributed by atoms with van der Waals surface area (Å²) in [5.41, 5.74) is 0. The van der Waals surface area contributed by atoms with Crippen LogP contribution >= 0.6 is 21.6 Å². The van der Waals surface area contributed by atoms with Crippen molar-refractivity contribution in [3.63, 3.8) is 0 Å². The van der Waals surface area contributed by atoms with Crippen molar-refractivity contribution < 1.29 is 0 Å². The second-order valence-electron chi connectivity index (χ2n) is 3.11. The van der Waals surface area contributed by atoms with Gasteiger partial charge in [-0.05, 0) is 5.92 Å². The van der Waals surface area contributed by atoms with Crippen LogP contribution in [0.25, 0.3) is 10.3 Å². The topological polar surface area (TPSA) is 25.8 Å². The van der Waals surface area contributed by atoms with Crippen LogP contribution in [0.15, 0.2) is 12.4 Å². The Bertz CT molecular complexity index is 425. The maximum atomic E-state index is 4.36. The van der Waals surface area contributed by atoms with Crippen molar-refractivity contribution in [2.75, 3.05) is 0 Å². The standard InChI is InChI=1S/C9H10N2S2/c1-6(2)9-8-7(5-12-13-9)10-3-4-11-8/h3-6H,1-2H3. The molecule has 1 aliphatic rings. The van der Waals surface area contributed by atoms with Crippen molar-refractivity contribution >= 4 is 31.9 Å². The van der Waals surface area contributed by atoms with Crippen LogP contribution in [0.2, 0.25) is 0 Å². The fourth-order valence-corrected chi connectivity index (χ4v) is 3.54. The summed E-state index contributed by atoms with van der Waals surface area (Å²) in [4.78, 5) is 9.97. The lowest BCUT2D eigenvalue weighted by atomic mass is 10.2. The van der Waals surface area contributed by atoms with E-state index in [1.165, 1.54) is 4.91 Å². The minimum atomic E-state index is 0.529. The maximum Gasteiger partial charge on any atom is 0.0998 e. The third kappa shape index (κ3) is 1.74. The summed E-state index contributed by atoms with van der Waals surface area (Å²) >= 11 is 0. The third-order valence-corrected chi connectivity index (χ3v) is 4.16. The first-order chi connectivity index (χ1) is 6.29. The molecule has 4 heteroatoms. The van der Waals surface area contributed by atoms with E-state index < -0.39 is 0 Å². The SMILES string of the molecule is CC(C)C1=c2nccnc2=CSS1. The van der Waals surface area contributed by atoms with Gasteiger partial charge in [-0.15, -0.1) is 0 Å². The molecule has 0 fully saturated rings. The van der Waals surface area contributed by atoms with E-state index in [1.54, 1.807) is 34.0 Å². The number of hydrogen-bond acceptors (Lipinski definition) is 4. The fourth-order valence-electron chi connectivity index (χ4n) is 1.16. The first-order valence-corrected chi connectivity index (χ1v) is 6.35. The lowest BCUT2D eigenvalue weighted by Crippen LogP contribution is -2.34. The molecule has 0 spiro atoms. The molecule has 0 unspecified atom stereocenters. The highest BCUT2D eigenvalue weighted by atomic mass is 33.1. The van der Waals surface area contributed by atoms with E-state index in [9.17, 15) is 0 Å². The predicted molar refractivity (Wildman–Crippen MR) is 59.2 cm³/mol. The molecule has 0 aliphatic carbocycles. The van der Waals surface area contributed by atoms with Crippen LogP contribution in [0.5, 0.6) is 0 Å². The molecule has 0 amide bonds. The first-order valence-electron chi connectivity index (χ1n) is 4.14. The van der Waals surface area contributed by atoms with E-state index in [0.29, 0.717) is 5.92 Å². The summed E-state index contributed by atoms with van der Waals surface area (Å²) in [7, 11) is 3.52. The summed E-state index contributed by atoms with van der Waals surface area (Å²) in [6, 6.07) is 0. The molecule has 2 nitrogen and oxygen atoms in total. The van der Waals surface area contributed by atoms with E-state index in [-0.39, 0.29) is 0 Å². The van der Waals surface area contributed by atoms with E-state index in [2.05, 4.69) is 29.2 Å². The van der Waals surface area contributed by atoms with Gasteiger partial charge in [-0.25, -0.2) is 0 Å². The second kappa shape index (κ2) is 3.72. The normalized spacial score (nSPS) is 15.5. The maximum absolute atomic E-state index is 4.36. The van der Waals surface area contributed by atoms with Gasteiger partial charge in [0.15, 0.2) is 0 Å². The van der Waals surface area contributed by atoms with Gasteiger partial charge in [-0.1, -0.05) is 35.4 Å². The summed E-state index contributed by atoms with van der Waals surface area (Å²) in [6.45, 7) is 4.37. The van der Waals surface area contributed by atoms with Crippen LogP contribution in [0.4, 0.5) is 0 Å². The van der Waals surface area contributed by atoms with Crippen molar-refractivity contribution in [2.45, 2.75) is 13.8 Å². The van der Waals surface area contributed by atoms with Crippen molar-refractivity contribution in [1.82, 2.24) is 9.97 Å². The number of rotatable bonds is 1. The third-order valence-electron chi connectivity index (χ3n) is 1.78. The van der Waals surface area contributed by atoms with Crippen LogP contribution in [0, 0.1) is 5.92 Å². The van der Waals surface area contributed by atoms with Crippen molar-refractivity contribution in [3.05, 3.63) is 23.1 Å². The molecule has 13 heavy (non-hydrogen) atoms. The molecule has 2 heterocycles. The zero-order valence-corrected chi connectivity index (χ0v) is 9.15. The summed E-state index contributed by atoms with van der Waals surface area (Å²) in [5.74, 6) is 0.529. The Kier molecular flexibility index (Phi) is 2.60. The van der Waals surface area contributed by atoms with Gasteiger partial charge in [0.05, 0.1) is 10.7 Å². The number of hydrogen-bond donors (Lipinski definition) is 0. The Morgan fingerprint density at radius 3 is 2.77 bits per heavy atom. The van der Waals surface area contributed by atoms with E-state index in [1.807, 2.05) is 0 Å². The molecule has 0 atom stereocenters. The predicted octanol–water partition coefficient (Wildman–Crippen LogP) is 1.37. The van der Waals surface area contributed by atoms with Crippen LogP contribution in [-0.2, 0) is 0 Å². The van der Waals surface area contributed by atoms with Gasteiger partial charge < -0.3 is 0 Å². The number of aromatic nitrogens is 2. The lowest BCUT2D eigenvalue weighted by Gasteiger charge is -2.10. The van der Waals surface area contributed by atoms with Crippen molar-refractivity contribution in [2.24, 2.45) is 5.92 Å². The summed E-state index contributed by atoms with van der Waals surface area (Å²) < 4.78 is 0. The molecule has 1 aliphatic heterocycles. The average Bonchev–Trinajstić information content (AvgIpc) is 2.17. The Labute approximate surface area is 85.0 Å². The monoisotopic (exact) mass is 210 g/mol. The Hall–Kier alpha value is -0.480. The second-order valence-corrected chi connectivity index (χ2v) is 5.22. The van der Waals surface area contributed by atoms with Crippen LogP contribution in [0.3, 0.4) is 0 Å². The van der Waals surface area contributed by atoms with Gasteiger partial charge in [0.1, 0.15) is 0 Å². The van der Waals surface area contributed by atoms with Crippen molar-refractivity contribution in [1.29, 1.82) is 0 Å². The molecule has 0 saturated carbocycles. The molecule has 0 N–H and O–H groups in total. The van der Waals surface area contributed by atoms with Crippen LogP contribution < -0.4 is 10.7 Å². The zero-order valence-electron chi connectivity index (χ0n) is 7.52. The molecule has 1 aromatic rings. The molecular formula is C9H10N2S2. The lowest BCUT2D eigenvalue weighted by molar-refractivity contribution is 0.863. The molecule has 0 radical (unpaired) electrons. The highest BCUT2D eigenvalue weighted by Gasteiger charge is 2.10. The fraction of sp³-hybridized carbons (Fsp3) is 0.333. The quantitative estimate of drug-likeness (QED) is 0.654. The summed E-state index contributed by atoms with van der Waals surface area (Å²) in [5, 5.41) is 4.12. The van der Waals surface area contributed by atoms with Gasteiger partial charge in [0.25, 0.3) is 0 Å². The molecular weight excluding hydrogens is 200 g/mol. The molecule has 0 bridgehead atoms. The number of nitrogens with zero attached hydrogens (tertiary/aromatic N) is 2. The minimum Gasteiger partial charge on any atom is -0.252 e. The Morgan fingerprint density at radius 1 is 1.23 bits per heavy atom. The molecule has 1 aromatic heterocycles. The molecule has 0 saturated heterocycles. The van der Waals surface area contributed by atoms with E-state index >= 15 is 0 Å². The van der Waals surface area contributed by atoms with Gasteiger partial charge in [-0.3, -0.25) is 9.97 Å². The van der Waals surface area contributed by atoms with Gasteiger partial charge in [0.2, 0.25) is 0 Å². The van der Waals surface area contributed by atoms with Crippen LogP contribution in [0.1, 0.15) is 13.8 Å². The highest BCUT2D eigenvalue weighted by molar-refractivity contribution is 8.82. The van der Waals surface area contributed by atoms with E-state index in [0.717, 1.165) is 10.7 Å². The summed E-state index contributed by atoms with van der Waals surface area (Å²) in [6.07, 6.45) is 3.50. The average molecular weight is 210 g/mol.